The summed E-state index contributed by atoms with van der Waals surface area (Å²) in [5, 5.41) is 0. The van der Waals surface area contributed by atoms with Crippen molar-refractivity contribution in [2.45, 2.75) is 49.8 Å². The maximum atomic E-state index is 11.7. The maximum absolute atomic E-state index is 11.7. The van der Waals surface area contributed by atoms with Crippen LogP contribution in [-0.4, -0.2) is 55.9 Å². The lowest BCUT2D eigenvalue weighted by Gasteiger charge is -2.28. The highest BCUT2D eigenvalue weighted by atomic mass is 16.5. The minimum absolute atomic E-state index is 0.282. The highest BCUT2D eigenvalue weighted by Gasteiger charge is 2.44. The molecular formula is C13H24N2O3. The molecule has 0 bridgehead atoms. The first kappa shape index (κ1) is 13.8. The molecule has 0 amide bonds. The summed E-state index contributed by atoms with van der Waals surface area (Å²) in [5.41, 5.74) is 5.33. The molecule has 1 aliphatic heterocycles. The highest BCUT2D eigenvalue weighted by molar-refractivity contribution is 5.81. The van der Waals surface area contributed by atoms with Gasteiger partial charge in [-0.15, -0.1) is 0 Å². The van der Waals surface area contributed by atoms with E-state index in [1.807, 2.05) is 0 Å². The third kappa shape index (κ3) is 2.84. The molecule has 5 nitrogen and oxygen atoms in total. The third-order valence-electron chi connectivity index (χ3n) is 4.25. The van der Waals surface area contributed by atoms with Crippen molar-refractivity contribution in [2.24, 2.45) is 5.73 Å². The fourth-order valence-electron chi connectivity index (χ4n) is 3.07. The second kappa shape index (κ2) is 5.55. The monoisotopic (exact) mass is 256 g/mol. The van der Waals surface area contributed by atoms with Gasteiger partial charge in [0.1, 0.15) is 5.54 Å². The van der Waals surface area contributed by atoms with Crippen LogP contribution in [0.3, 0.4) is 0 Å². The van der Waals surface area contributed by atoms with Gasteiger partial charge in [-0.2, -0.15) is 0 Å². The number of hydrogen-bond acceptors (Lipinski definition) is 5. The predicted octanol–water partition coefficient (Wildman–Crippen LogP) is 0.520. The molecule has 0 spiro atoms. The van der Waals surface area contributed by atoms with Crippen LogP contribution in [0.25, 0.3) is 0 Å². The summed E-state index contributed by atoms with van der Waals surface area (Å²) < 4.78 is 10.4. The molecule has 18 heavy (non-hydrogen) atoms. The fraction of sp³-hybridized carbons (Fsp3) is 0.923. The number of likely N-dealkylation sites (N-methyl/N-ethyl adjacent to an activating group) is 1. The van der Waals surface area contributed by atoms with Crippen LogP contribution in [0.2, 0.25) is 0 Å². The second-order valence-corrected chi connectivity index (χ2v) is 5.62. The number of nitrogens with two attached hydrogens (primary N) is 1. The molecule has 1 heterocycles. The second-order valence-electron chi connectivity index (χ2n) is 5.62. The van der Waals surface area contributed by atoms with Crippen LogP contribution in [0.4, 0.5) is 0 Å². The van der Waals surface area contributed by atoms with Gasteiger partial charge in [0.2, 0.25) is 0 Å². The average Bonchev–Trinajstić information content (AvgIpc) is 2.98. The van der Waals surface area contributed by atoms with Gasteiger partial charge in [0.25, 0.3) is 0 Å². The van der Waals surface area contributed by atoms with E-state index >= 15 is 0 Å². The molecule has 1 saturated carbocycles. The van der Waals surface area contributed by atoms with E-state index in [4.69, 9.17) is 15.2 Å². The van der Waals surface area contributed by atoms with Gasteiger partial charge in [0, 0.05) is 19.2 Å². The standard InChI is InChI=1S/C13H24N2O3/c1-15(9-11-4-3-7-18-11)10-5-6-13(14,8-10)12(16)17-2/h10-11H,3-9,14H2,1-2H3. The summed E-state index contributed by atoms with van der Waals surface area (Å²) in [4.78, 5) is 13.9. The molecule has 1 aliphatic carbocycles. The molecule has 0 aromatic rings. The molecule has 3 unspecified atom stereocenters. The average molecular weight is 256 g/mol. The molecule has 1 saturated heterocycles. The largest absolute Gasteiger partial charge is 0.468 e. The molecule has 5 heteroatoms. The van der Waals surface area contributed by atoms with Gasteiger partial charge >= 0.3 is 5.97 Å². The van der Waals surface area contributed by atoms with Crippen molar-refractivity contribution in [3.63, 3.8) is 0 Å². The minimum atomic E-state index is -0.787. The Morgan fingerprint density at radius 2 is 2.33 bits per heavy atom. The van der Waals surface area contributed by atoms with E-state index < -0.39 is 5.54 Å². The summed E-state index contributed by atoms with van der Waals surface area (Å²) >= 11 is 0. The lowest BCUT2D eigenvalue weighted by atomic mass is 9.99. The Balaban J connectivity index is 1.85. The Bertz CT molecular complexity index is 305. The van der Waals surface area contributed by atoms with Gasteiger partial charge in [0.15, 0.2) is 0 Å². The van der Waals surface area contributed by atoms with Crippen molar-refractivity contribution >= 4 is 5.97 Å². The molecule has 0 radical (unpaired) electrons. The van der Waals surface area contributed by atoms with Crippen molar-refractivity contribution < 1.29 is 14.3 Å². The topological polar surface area (TPSA) is 64.8 Å². The normalized spacial score (nSPS) is 36.2. The highest BCUT2D eigenvalue weighted by Crippen LogP contribution is 2.32. The van der Waals surface area contributed by atoms with Gasteiger partial charge < -0.3 is 20.1 Å². The predicted molar refractivity (Wildman–Crippen MR) is 68.2 cm³/mol. The molecule has 2 aliphatic rings. The quantitative estimate of drug-likeness (QED) is 0.743. The smallest absolute Gasteiger partial charge is 0.325 e. The van der Waals surface area contributed by atoms with Crippen LogP contribution in [0, 0.1) is 0 Å². The Morgan fingerprint density at radius 3 is 2.94 bits per heavy atom. The first-order valence-electron chi connectivity index (χ1n) is 6.74. The Labute approximate surface area is 109 Å². The SMILES string of the molecule is COC(=O)C1(N)CCC(N(C)CC2CCCO2)C1. The zero-order valence-corrected chi connectivity index (χ0v) is 11.4. The zero-order chi connectivity index (χ0) is 13.2. The summed E-state index contributed by atoms with van der Waals surface area (Å²) in [6.45, 7) is 1.81. The molecule has 0 aromatic heterocycles. The molecule has 2 N–H and O–H groups in total. The summed E-state index contributed by atoms with van der Waals surface area (Å²) in [7, 11) is 3.50. The maximum Gasteiger partial charge on any atom is 0.325 e. The van der Waals surface area contributed by atoms with E-state index in [2.05, 4.69) is 11.9 Å². The lowest BCUT2D eigenvalue weighted by molar-refractivity contribution is -0.146. The van der Waals surface area contributed by atoms with Crippen LogP contribution in [0.15, 0.2) is 0 Å². The molecule has 0 aromatic carbocycles. The van der Waals surface area contributed by atoms with E-state index in [1.165, 1.54) is 7.11 Å². The van der Waals surface area contributed by atoms with Crippen LogP contribution in [0.1, 0.15) is 32.1 Å². The first-order valence-corrected chi connectivity index (χ1v) is 6.74. The third-order valence-corrected chi connectivity index (χ3v) is 4.25. The summed E-state index contributed by atoms with van der Waals surface area (Å²) in [5.74, 6) is -0.282. The first-order chi connectivity index (χ1) is 8.55. The van der Waals surface area contributed by atoms with Crippen LogP contribution in [0.5, 0.6) is 0 Å². The van der Waals surface area contributed by atoms with E-state index in [1.54, 1.807) is 0 Å². The molecular weight excluding hydrogens is 232 g/mol. The number of hydrogen-bond donors (Lipinski definition) is 1. The number of carbonyl (C=O) groups excluding carboxylic acids is 1. The summed E-state index contributed by atoms with van der Waals surface area (Å²) in [6, 6.07) is 0.360. The van der Waals surface area contributed by atoms with Gasteiger partial charge in [-0.3, -0.25) is 4.79 Å². The lowest BCUT2D eigenvalue weighted by Crippen LogP contribution is -2.48. The van der Waals surface area contributed by atoms with Gasteiger partial charge in [0.05, 0.1) is 13.2 Å². The van der Waals surface area contributed by atoms with Crippen molar-refractivity contribution in [3.8, 4) is 0 Å². The Hall–Kier alpha value is -0.650. The van der Waals surface area contributed by atoms with Gasteiger partial charge in [-0.1, -0.05) is 0 Å². The number of rotatable bonds is 4. The van der Waals surface area contributed by atoms with Crippen molar-refractivity contribution in [1.82, 2.24) is 4.90 Å². The minimum Gasteiger partial charge on any atom is -0.468 e. The Kier molecular flexibility index (Phi) is 4.25. The molecule has 104 valence electrons. The van der Waals surface area contributed by atoms with E-state index in [0.717, 1.165) is 32.4 Å². The van der Waals surface area contributed by atoms with Gasteiger partial charge in [-0.05, 0) is 39.2 Å². The Morgan fingerprint density at radius 1 is 1.56 bits per heavy atom. The van der Waals surface area contributed by atoms with Crippen molar-refractivity contribution in [3.05, 3.63) is 0 Å². The van der Waals surface area contributed by atoms with Crippen LogP contribution < -0.4 is 5.73 Å². The molecule has 2 fully saturated rings. The van der Waals surface area contributed by atoms with E-state index in [-0.39, 0.29) is 5.97 Å². The van der Waals surface area contributed by atoms with E-state index in [9.17, 15) is 4.79 Å². The number of carbonyl (C=O) groups is 1. The van der Waals surface area contributed by atoms with E-state index in [0.29, 0.717) is 25.0 Å². The summed E-state index contributed by atoms with van der Waals surface area (Å²) in [6.07, 6.45) is 4.99. The number of esters is 1. The fourth-order valence-corrected chi connectivity index (χ4v) is 3.07. The zero-order valence-electron chi connectivity index (χ0n) is 11.4. The molecule has 2 rings (SSSR count). The van der Waals surface area contributed by atoms with Crippen LogP contribution in [-0.2, 0) is 14.3 Å². The van der Waals surface area contributed by atoms with Crippen molar-refractivity contribution in [2.75, 3.05) is 27.3 Å². The number of methoxy groups -OCH3 is 1. The van der Waals surface area contributed by atoms with Crippen LogP contribution >= 0.6 is 0 Å². The molecule has 3 atom stereocenters. The van der Waals surface area contributed by atoms with Gasteiger partial charge in [-0.25, -0.2) is 0 Å². The number of nitrogens with zero attached hydrogens (tertiary/aromatic N) is 1. The van der Waals surface area contributed by atoms with Crippen molar-refractivity contribution in [1.29, 1.82) is 0 Å². The number of ether oxygens (including phenoxy) is 2.